The van der Waals surface area contributed by atoms with Gasteiger partial charge in [0.2, 0.25) is 5.91 Å². The maximum Gasteiger partial charge on any atom is 0.253 e. The molecule has 1 aromatic rings. The van der Waals surface area contributed by atoms with Crippen LogP contribution in [0, 0.1) is 5.92 Å². The molecule has 3 aliphatic heterocycles. The fourth-order valence-electron chi connectivity index (χ4n) is 4.86. The van der Waals surface area contributed by atoms with E-state index in [2.05, 4.69) is 5.32 Å². The molecule has 3 aliphatic rings. The topological polar surface area (TPSA) is 52.7 Å². The van der Waals surface area contributed by atoms with Crippen molar-refractivity contribution in [1.82, 2.24) is 15.1 Å². The fraction of sp³-hybridized carbons (Fsp3) is 0.619. The first-order valence-corrected chi connectivity index (χ1v) is 10.5. The van der Waals surface area contributed by atoms with Gasteiger partial charge in [0.25, 0.3) is 5.91 Å². The van der Waals surface area contributed by atoms with Gasteiger partial charge in [0, 0.05) is 55.3 Å². The van der Waals surface area contributed by atoms with Gasteiger partial charge < -0.3 is 15.1 Å². The third-order valence-electron chi connectivity index (χ3n) is 6.26. The highest BCUT2D eigenvalue weighted by Crippen LogP contribution is 2.33. The summed E-state index contributed by atoms with van der Waals surface area (Å²) in [5.41, 5.74) is 0.657. The minimum atomic E-state index is 0.0240. The standard InChI is InChI=1S/C21H28ClN3O2/c22-17-4-2-16(3-5-17)21(27)25-9-1-8-24(10-11-25)20(26)14-15-12-18-6-7-19(13-15)23-18/h2-5,15,18-19,23H,1,6-14H2. The van der Waals surface area contributed by atoms with Crippen LogP contribution in [0.3, 0.4) is 0 Å². The van der Waals surface area contributed by atoms with E-state index in [1.54, 1.807) is 24.3 Å². The second kappa shape index (κ2) is 8.19. The van der Waals surface area contributed by atoms with Crippen molar-refractivity contribution in [3.05, 3.63) is 34.9 Å². The molecule has 3 saturated heterocycles. The van der Waals surface area contributed by atoms with E-state index >= 15 is 0 Å². The monoisotopic (exact) mass is 389 g/mol. The number of carbonyl (C=O) groups is 2. The Bertz CT molecular complexity index is 681. The number of amides is 2. The van der Waals surface area contributed by atoms with Crippen molar-refractivity contribution in [2.45, 2.75) is 50.6 Å². The Hall–Kier alpha value is -1.59. The van der Waals surface area contributed by atoms with Crippen LogP contribution in [0.1, 0.15) is 48.9 Å². The molecular weight excluding hydrogens is 362 g/mol. The Morgan fingerprint density at radius 3 is 2.30 bits per heavy atom. The molecule has 27 heavy (non-hydrogen) atoms. The van der Waals surface area contributed by atoms with E-state index in [0.717, 1.165) is 25.8 Å². The van der Waals surface area contributed by atoms with E-state index in [1.165, 1.54) is 12.8 Å². The van der Waals surface area contributed by atoms with Crippen molar-refractivity contribution in [1.29, 1.82) is 0 Å². The van der Waals surface area contributed by atoms with E-state index in [1.807, 2.05) is 9.80 Å². The predicted octanol–water partition coefficient (Wildman–Crippen LogP) is 2.94. The minimum absolute atomic E-state index is 0.0240. The van der Waals surface area contributed by atoms with Gasteiger partial charge in [-0.2, -0.15) is 0 Å². The summed E-state index contributed by atoms with van der Waals surface area (Å²) in [7, 11) is 0. The highest BCUT2D eigenvalue weighted by Gasteiger charge is 2.35. The molecule has 1 N–H and O–H groups in total. The van der Waals surface area contributed by atoms with Crippen LogP contribution in [0.2, 0.25) is 5.02 Å². The lowest BCUT2D eigenvalue weighted by Gasteiger charge is -2.30. The number of carbonyl (C=O) groups excluding carboxylic acids is 2. The minimum Gasteiger partial charge on any atom is -0.341 e. The first kappa shape index (κ1) is 18.8. The van der Waals surface area contributed by atoms with Crippen LogP contribution < -0.4 is 5.32 Å². The molecule has 0 aromatic heterocycles. The van der Waals surface area contributed by atoms with Crippen LogP contribution in [0.4, 0.5) is 0 Å². The summed E-state index contributed by atoms with van der Waals surface area (Å²) in [4.78, 5) is 29.4. The van der Waals surface area contributed by atoms with Crippen molar-refractivity contribution >= 4 is 23.4 Å². The molecule has 1 aromatic carbocycles. The maximum absolute atomic E-state index is 12.8. The SMILES string of the molecule is O=C(CC1CC2CCC(C1)N2)N1CCCN(C(=O)c2ccc(Cl)cc2)CC1. The summed E-state index contributed by atoms with van der Waals surface area (Å²) >= 11 is 5.91. The number of nitrogens with one attached hydrogen (secondary N) is 1. The second-order valence-corrected chi connectivity index (χ2v) is 8.65. The number of benzene rings is 1. The molecule has 0 spiro atoms. The predicted molar refractivity (Wildman–Crippen MR) is 106 cm³/mol. The van der Waals surface area contributed by atoms with Crippen LogP contribution >= 0.6 is 11.6 Å². The van der Waals surface area contributed by atoms with E-state index in [-0.39, 0.29) is 11.8 Å². The quantitative estimate of drug-likeness (QED) is 0.864. The van der Waals surface area contributed by atoms with Gasteiger partial charge in [0.05, 0.1) is 0 Å². The summed E-state index contributed by atoms with van der Waals surface area (Å²) in [6.07, 6.45) is 6.30. The van der Waals surface area contributed by atoms with Gasteiger partial charge >= 0.3 is 0 Å². The molecule has 0 radical (unpaired) electrons. The molecule has 3 fully saturated rings. The van der Waals surface area contributed by atoms with Gasteiger partial charge in [-0.15, -0.1) is 0 Å². The van der Waals surface area contributed by atoms with Gasteiger partial charge in [0.15, 0.2) is 0 Å². The Morgan fingerprint density at radius 2 is 1.59 bits per heavy atom. The molecule has 6 heteroatoms. The van der Waals surface area contributed by atoms with Gasteiger partial charge in [-0.25, -0.2) is 0 Å². The summed E-state index contributed by atoms with van der Waals surface area (Å²) < 4.78 is 0. The summed E-state index contributed by atoms with van der Waals surface area (Å²) in [5.74, 6) is 0.810. The van der Waals surface area contributed by atoms with E-state index in [4.69, 9.17) is 11.6 Å². The zero-order chi connectivity index (χ0) is 18.8. The van der Waals surface area contributed by atoms with Gasteiger partial charge in [0.1, 0.15) is 0 Å². The third kappa shape index (κ3) is 4.46. The van der Waals surface area contributed by atoms with Crippen LogP contribution in [-0.2, 0) is 4.79 Å². The van der Waals surface area contributed by atoms with Crippen LogP contribution in [0.25, 0.3) is 0 Å². The summed E-state index contributed by atoms with van der Waals surface area (Å²) in [5, 5.41) is 4.27. The number of rotatable bonds is 3. The molecule has 2 unspecified atom stereocenters. The van der Waals surface area contributed by atoms with E-state index < -0.39 is 0 Å². The summed E-state index contributed by atoms with van der Waals surface area (Å²) in [6.45, 7) is 2.68. The van der Waals surface area contributed by atoms with Gasteiger partial charge in [-0.3, -0.25) is 9.59 Å². The summed E-state index contributed by atoms with van der Waals surface area (Å²) in [6, 6.07) is 8.27. The van der Waals surface area contributed by atoms with Crippen molar-refractivity contribution in [2.75, 3.05) is 26.2 Å². The molecule has 2 amide bonds. The Kier molecular flexibility index (Phi) is 5.69. The number of hydrogen-bond acceptors (Lipinski definition) is 3. The lowest BCUT2D eigenvalue weighted by atomic mass is 9.89. The molecule has 2 atom stereocenters. The highest BCUT2D eigenvalue weighted by molar-refractivity contribution is 6.30. The first-order chi connectivity index (χ1) is 13.1. The number of hydrogen-bond donors (Lipinski definition) is 1. The first-order valence-electron chi connectivity index (χ1n) is 10.2. The molecule has 2 bridgehead atoms. The number of halogens is 1. The van der Waals surface area contributed by atoms with Crippen molar-refractivity contribution in [3.8, 4) is 0 Å². The third-order valence-corrected chi connectivity index (χ3v) is 6.51. The average Bonchev–Trinajstić information content (AvgIpc) is 2.86. The number of fused-ring (bicyclic) bond motifs is 2. The van der Waals surface area contributed by atoms with Crippen LogP contribution in [-0.4, -0.2) is 59.9 Å². The molecule has 146 valence electrons. The normalized spacial score (nSPS) is 28.1. The largest absolute Gasteiger partial charge is 0.341 e. The zero-order valence-corrected chi connectivity index (χ0v) is 16.5. The van der Waals surface area contributed by atoms with Crippen LogP contribution in [0.5, 0.6) is 0 Å². The fourth-order valence-corrected chi connectivity index (χ4v) is 4.99. The lowest BCUT2D eigenvalue weighted by Crippen LogP contribution is -2.41. The van der Waals surface area contributed by atoms with Crippen molar-refractivity contribution < 1.29 is 9.59 Å². The molecule has 0 aliphatic carbocycles. The van der Waals surface area contributed by atoms with Crippen LogP contribution in [0.15, 0.2) is 24.3 Å². The van der Waals surface area contributed by atoms with Crippen molar-refractivity contribution in [2.24, 2.45) is 5.92 Å². The van der Waals surface area contributed by atoms with E-state index in [0.29, 0.717) is 54.6 Å². The van der Waals surface area contributed by atoms with E-state index in [9.17, 15) is 9.59 Å². The van der Waals surface area contributed by atoms with Crippen molar-refractivity contribution in [3.63, 3.8) is 0 Å². The number of nitrogens with zero attached hydrogens (tertiary/aromatic N) is 2. The Labute approximate surface area is 166 Å². The van der Waals surface area contributed by atoms with Gasteiger partial charge in [-0.05, 0) is 62.3 Å². The second-order valence-electron chi connectivity index (χ2n) is 8.21. The number of piperidine rings is 1. The smallest absolute Gasteiger partial charge is 0.253 e. The molecule has 4 rings (SSSR count). The molecule has 0 saturated carbocycles. The molecule has 3 heterocycles. The Balaban J connectivity index is 1.30. The average molecular weight is 390 g/mol. The Morgan fingerprint density at radius 1 is 0.963 bits per heavy atom. The lowest BCUT2D eigenvalue weighted by molar-refractivity contribution is -0.132. The molecular formula is C21H28ClN3O2. The molecule has 5 nitrogen and oxygen atoms in total. The highest BCUT2D eigenvalue weighted by atomic mass is 35.5. The van der Waals surface area contributed by atoms with Gasteiger partial charge in [-0.1, -0.05) is 11.6 Å². The zero-order valence-electron chi connectivity index (χ0n) is 15.7. The maximum atomic E-state index is 12.8.